The molecule has 206 valence electrons. The Balaban J connectivity index is 1.61. The largest absolute Gasteiger partial charge is 0.308 e. The fraction of sp³-hybridized carbons (Fsp3) is 0.172. The SMILES string of the molecule is CCN(C(=O)C(=Cc1cnn(Cc2cccnc2)c1)C(=O)NS(=O)(=O)CCc1ccccc1)c1ccc(F)cc1. The second-order valence-electron chi connectivity index (χ2n) is 8.90. The third-order valence-corrected chi connectivity index (χ3v) is 7.19. The van der Waals surface area contributed by atoms with E-state index in [4.69, 9.17) is 0 Å². The number of benzene rings is 2. The number of aryl methyl sites for hydroxylation is 1. The number of carbonyl (C=O) groups is 2. The van der Waals surface area contributed by atoms with Gasteiger partial charge in [0, 0.05) is 36.4 Å². The van der Waals surface area contributed by atoms with Gasteiger partial charge < -0.3 is 4.90 Å². The van der Waals surface area contributed by atoms with Gasteiger partial charge in [0.1, 0.15) is 11.4 Å². The van der Waals surface area contributed by atoms with E-state index in [2.05, 4.69) is 10.1 Å². The zero-order valence-electron chi connectivity index (χ0n) is 21.8. The number of nitrogens with zero attached hydrogens (tertiary/aromatic N) is 4. The highest BCUT2D eigenvalue weighted by atomic mass is 32.2. The summed E-state index contributed by atoms with van der Waals surface area (Å²) in [6.07, 6.45) is 7.94. The third kappa shape index (κ3) is 7.70. The van der Waals surface area contributed by atoms with Gasteiger partial charge in [0.2, 0.25) is 10.0 Å². The Morgan fingerprint density at radius 3 is 2.40 bits per heavy atom. The smallest absolute Gasteiger partial charge is 0.270 e. The lowest BCUT2D eigenvalue weighted by molar-refractivity contribution is -0.121. The van der Waals surface area contributed by atoms with Crippen molar-refractivity contribution in [3.05, 3.63) is 120 Å². The number of rotatable bonds is 11. The second kappa shape index (κ2) is 12.9. The van der Waals surface area contributed by atoms with Crippen molar-refractivity contribution >= 4 is 33.6 Å². The number of halogens is 1. The molecule has 40 heavy (non-hydrogen) atoms. The summed E-state index contributed by atoms with van der Waals surface area (Å²) in [5, 5.41) is 4.28. The van der Waals surface area contributed by atoms with Crippen molar-refractivity contribution in [2.75, 3.05) is 17.2 Å². The highest BCUT2D eigenvalue weighted by Gasteiger charge is 2.27. The van der Waals surface area contributed by atoms with Crippen molar-refractivity contribution < 1.29 is 22.4 Å². The first-order chi connectivity index (χ1) is 19.2. The molecule has 9 nitrogen and oxygen atoms in total. The summed E-state index contributed by atoms with van der Waals surface area (Å²) < 4.78 is 42.8. The van der Waals surface area contributed by atoms with Crippen LogP contribution in [0.15, 0.2) is 97.1 Å². The molecule has 2 aromatic heterocycles. The van der Waals surface area contributed by atoms with Gasteiger partial charge in [-0.15, -0.1) is 0 Å². The van der Waals surface area contributed by atoms with Gasteiger partial charge in [-0.05, 0) is 60.9 Å². The van der Waals surface area contributed by atoms with E-state index in [0.717, 1.165) is 11.1 Å². The Morgan fingerprint density at radius 1 is 1.00 bits per heavy atom. The molecule has 4 aromatic rings. The van der Waals surface area contributed by atoms with Crippen LogP contribution in [0.2, 0.25) is 0 Å². The number of aromatic nitrogens is 3. The molecule has 2 amide bonds. The standard InChI is InChI=1S/C29H28FN5O4S/c1-2-35(26-12-10-25(30)11-13-26)29(37)27(17-24-19-32-34(21-24)20-23-9-6-15-31-18-23)28(36)33-40(38,39)16-14-22-7-4-3-5-8-22/h3-13,15,17-19,21H,2,14,16,20H2,1H3,(H,33,36). The van der Waals surface area contributed by atoms with Crippen LogP contribution in [-0.2, 0) is 32.6 Å². The number of nitrogens with one attached hydrogen (secondary N) is 1. The normalized spacial score (nSPS) is 11.7. The van der Waals surface area contributed by atoms with Crippen molar-refractivity contribution in [3.8, 4) is 0 Å². The summed E-state index contributed by atoms with van der Waals surface area (Å²) in [4.78, 5) is 32.3. The van der Waals surface area contributed by atoms with E-state index in [9.17, 15) is 22.4 Å². The van der Waals surface area contributed by atoms with Gasteiger partial charge in [-0.1, -0.05) is 36.4 Å². The van der Waals surface area contributed by atoms with Crippen molar-refractivity contribution in [3.63, 3.8) is 0 Å². The van der Waals surface area contributed by atoms with E-state index >= 15 is 0 Å². The predicted octanol–water partition coefficient (Wildman–Crippen LogP) is 3.59. The summed E-state index contributed by atoms with van der Waals surface area (Å²) in [7, 11) is -4.08. The van der Waals surface area contributed by atoms with E-state index in [1.165, 1.54) is 41.4 Å². The molecule has 0 aliphatic carbocycles. The van der Waals surface area contributed by atoms with Crippen LogP contribution in [-0.4, -0.2) is 47.3 Å². The first-order valence-corrected chi connectivity index (χ1v) is 14.2. The van der Waals surface area contributed by atoms with E-state index in [0.29, 0.717) is 17.8 Å². The molecule has 0 radical (unpaired) electrons. The number of amides is 2. The van der Waals surface area contributed by atoms with Crippen LogP contribution in [0.3, 0.4) is 0 Å². The fourth-order valence-electron chi connectivity index (χ4n) is 3.96. The van der Waals surface area contributed by atoms with Gasteiger partial charge in [-0.3, -0.25) is 19.3 Å². The lowest BCUT2D eigenvalue weighted by Gasteiger charge is -2.22. The monoisotopic (exact) mass is 561 g/mol. The van der Waals surface area contributed by atoms with E-state index in [-0.39, 0.29) is 18.7 Å². The molecule has 0 spiro atoms. The number of sulfonamides is 1. The first-order valence-electron chi connectivity index (χ1n) is 12.5. The summed E-state index contributed by atoms with van der Waals surface area (Å²) >= 11 is 0. The Bertz CT molecular complexity index is 1590. The molecule has 0 fully saturated rings. The summed E-state index contributed by atoms with van der Waals surface area (Å²) in [6.45, 7) is 2.25. The van der Waals surface area contributed by atoms with Gasteiger partial charge in [-0.25, -0.2) is 17.5 Å². The first kappa shape index (κ1) is 28.4. The van der Waals surface area contributed by atoms with Crippen molar-refractivity contribution in [1.29, 1.82) is 0 Å². The van der Waals surface area contributed by atoms with E-state index in [1.807, 2.05) is 16.9 Å². The molecule has 0 unspecified atom stereocenters. The number of carbonyl (C=O) groups excluding carboxylic acids is 2. The Hall–Kier alpha value is -4.64. The molecule has 0 aliphatic heterocycles. The molecule has 0 atom stereocenters. The van der Waals surface area contributed by atoms with Gasteiger partial charge in [-0.2, -0.15) is 5.10 Å². The second-order valence-corrected chi connectivity index (χ2v) is 10.7. The molecular weight excluding hydrogens is 533 g/mol. The van der Waals surface area contributed by atoms with Gasteiger partial charge in [0.15, 0.2) is 0 Å². The van der Waals surface area contributed by atoms with Crippen LogP contribution in [0.1, 0.15) is 23.6 Å². The minimum absolute atomic E-state index is 0.149. The average Bonchev–Trinajstić information content (AvgIpc) is 3.39. The van der Waals surface area contributed by atoms with Crippen molar-refractivity contribution in [1.82, 2.24) is 19.5 Å². The summed E-state index contributed by atoms with van der Waals surface area (Å²) in [5.74, 6) is -2.64. The van der Waals surface area contributed by atoms with Crippen LogP contribution >= 0.6 is 0 Å². The number of hydrogen-bond donors (Lipinski definition) is 1. The minimum Gasteiger partial charge on any atom is -0.308 e. The molecule has 4 rings (SSSR count). The molecule has 11 heteroatoms. The number of pyridine rings is 1. The van der Waals surface area contributed by atoms with Gasteiger partial charge in [0.05, 0.1) is 18.5 Å². The Labute approximate surface area is 232 Å². The summed E-state index contributed by atoms with van der Waals surface area (Å²) in [5.41, 5.74) is 2.05. The average molecular weight is 562 g/mol. The van der Waals surface area contributed by atoms with Crippen LogP contribution in [0.25, 0.3) is 6.08 Å². The predicted molar refractivity (Wildman–Crippen MR) is 150 cm³/mol. The molecule has 0 aliphatic rings. The molecule has 2 aromatic carbocycles. The van der Waals surface area contributed by atoms with Gasteiger partial charge >= 0.3 is 0 Å². The molecular formula is C29H28FN5O4S. The Morgan fingerprint density at radius 2 is 1.73 bits per heavy atom. The minimum atomic E-state index is -4.08. The lowest BCUT2D eigenvalue weighted by Crippen LogP contribution is -2.41. The molecule has 1 N–H and O–H groups in total. The van der Waals surface area contributed by atoms with Crippen LogP contribution in [0.4, 0.5) is 10.1 Å². The van der Waals surface area contributed by atoms with Crippen molar-refractivity contribution in [2.45, 2.75) is 19.9 Å². The third-order valence-electron chi connectivity index (χ3n) is 5.96. The molecule has 0 saturated carbocycles. The zero-order valence-corrected chi connectivity index (χ0v) is 22.6. The van der Waals surface area contributed by atoms with Crippen LogP contribution in [0.5, 0.6) is 0 Å². The fourth-order valence-corrected chi connectivity index (χ4v) is 4.96. The van der Waals surface area contributed by atoms with Crippen LogP contribution < -0.4 is 9.62 Å². The maximum atomic E-state index is 13.6. The van der Waals surface area contributed by atoms with Crippen molar-refractivity contribution in [2.24, 2.45) is 0 Å². The molecule has 0 bridgehead atoms. The topological polar surface area (TPSA) is 114 Å². The number of likely N-dealkylation sites (N-methyl/N-ethyl adjacent to an activating group) is 1. The lowest BCUT2D eigenvalue weighted by atomic mass is 10.1. The number of anilines is 1. The molecule has 0 saturated heterocycles. The van der Waals surface area contributed by atoms with Gasteiger partial charge in [0.25, 0.3) is 11.8 Å². The quantitative estimate of drug-likeness (QED) is 0.170. The highest BCUT2D eigenvalue weighted by molar-refractivity contribution is 7.90. The summed E-state index contributed by atoms with van der Waals surface area (Å²) in [6, 6.07) is 17.9. The zero-order chi connectivity index (χ0) is 28.5. The van der Waals surface area contributed by atoms with E-state index in [1.54, 1.807) is 60.5 Å². The Kier molecular flexibility index (Phi) is 9.18. The van der Waals surface area contributed by atoms with E-state index < -0.39 is 33.2 Å². The maximum Gasteiger partial charge on any atom is 0.270 e. The number of hydrogen-bond acceptors (Lipinski definition) is 6. The maximum absolute atomic E-state index is 13.6. The van der Waals surface area contributed by atoms with Crippen LogP contribution in [0, 0.1) is 5.82 Å². The highest BCUT2D eigenvalue weighted by Crippen LogP contribution is 2.19. The molecule has 2 heterocycles.